The summed E-state index contributed by atoms with van der Waals surface area (Å²) in [6.45, 7) is 0. The van der Waals surface area contributed by atoms with Crippen molar-refractivity contribution in [2.24, 2.45) is 5.92 Å². The summed E-state index contributed by atoms with van der Waals surface area (Å²) in [7, 11) is 0. The maximum atomic E-state index is 11.4. The van der Waals surface area contributed by atoms with Crippen LogP contribution in [0.3, 0.4) is 0 Å². The van der Waals surface area contributed by atoms with Crippen LogP contribution in [0, 0.1) is 16.0 Å². The van der Waals surface area contributed by atoms with Crippen molar-refractivity contribution in [2.75, 3.05) is 0 Å². The molecule has 0 aromatic rings. The Kier molecular flexibility index (Phi) is 3.08. The second kappa shape index (κ2) is 4.36. The molecule has 0 spiro atoms. The number of allylic oxidation sites excluding steroid dienone is 1. The van der Waals surface area contributed by atoms with Crippen LogP contribution in [0.5, 0.6) is 0 Å². The molecule has 0 aromatic carbocycles. The Morgan fingerprint density at radius 1 is 1.44 bits per heavy atom. The van der Waals surface area contributed by atoms with Crippen molar-refractivity contribution >= 4 is 5.78 Å². The first-order valence-corrected chi connectivity index (χ1v) is 5.99. The van der Waals surface area contributed by atoms with Gasteiger partial charge in [0, 0.05) is 30.1 Å². The quantitative estimate of drug-likeness (QED) is 0.410. The van der Waals surface area contributed by atoms with Gasteiger partial charge in [-0.05, 0) is 31.8 Å². The third-order valence-electron chi connectivity index (χ3n) is 3.88. The summed E-state index contributed by atoms with van der Waals surface area (Å²) in [5, 5.41) is 11.3. The molecule has 0 aliphatic heterocycles. The van der Waals surface area contributed by atoms with E-state index >= 15 is 0 Å². The van der Waals surface area contributed by atoms with E-state index in [0.29, 0.717) is 19.3 Å². The number of carbonyl (C=O) groups is 1. The van der Waals surface area contributed by atoms with Crippen molar-refractivity contribution in [2.45, 2.75) is 50.5 Å². The Morgan fingerprint density at radius 3 is 2.81 bits per heavy atom. The number of hydrogen-bond donors (Lipinski definition) is 0. The van der Waals surface area contributed by atoms with Crippen LogP contribution in [0.2, 0.25) is 0 Å². The molecular formula is C12H17NO3. The Hall–Kier alpha value is -1.19. The van der Waals surface area contributed by atoms with E-state index in [0.717, 1.165) is 25.7 Å². The minimum Gasteiger partial charge on any atom is -0.300 e. The van der Waals surface area contributed by atoms with Crippen molar-refractivity contribution in [1.29, 1.82) is 0 Å². The summed E-state index contributed by atoms with van der Waals surface area (Å²) in [5.74, 6) is 0.108. The molecule has 16 heavy (non-hydrogen) atoms. The monoisotopic (exact) mass is 223 g/mol. The van der Waals surface area contributed by atoms with Crippen LogP contribution in [0.1, 0.15) is 44.9 Å². The predicted octanol–water partition coefficient (Wildman–Crippen LogP) is 2.50. The fourth-order valence-electron chi connectivity index (χ4n) is 2.97. The Balaban J connectivity index is 2.24. The van der Waals surface area contributed by atoms with Crippen molar-refractivity contribution in [3.8, 4) is 0 Å². The lowest BCUT2D eigenvalue weighted by molar-refractivity contribution is -0.568. The Morgan fingerprint density at radius 2 is 2.25 bits per heavy atom. The van der Waals surface area contributed by atoms with Crippen molar-refractivity contribution in [3.05, 3.63) is 22.3 Å². The minimum absolute atomic E-state index is 0.0831. The summed E-state index contributed by atoms with van der Waals surface area (Å²) in [6, 6.07) is 0. The van der Waals surface area contributed by atoms with Gasteiger partial charge in [-0.2, -0.15) is 0 Å². The van der Waals surface area contributed by atoms with Crippen molar-refractivity contribution in [1.82, 2.24) is 0 Å². The first-order valence-electron chi connectivity index (χ1n) is 5.99. The van der Waals surface area contributed by atoms with Crippen LogP contribution >= 0.6 is 0 Å². The Labute approximate surface area is 94.9 Å². The van der Waals surface area contributed by atoms with E-state index in [-0.39, 0.29) is 16.6 Å². The Bertz CT molecular complexity index is 337. The van der Waals surface area contributed by atoms with Gasteiger partial charge >= 0.3 is 0 Å². The first kappa shape index (κ1) is 11.3. The van der Waals surface area contributed by atoms with Crippen LogP contribution in [0.15, 0.2) is 12.2 Å². The van der Waals surface area contributed by atoms with E-state index < -0.39 is 5.54 Å². The lowest BCUT2D eigenvalue weighted by atomic mass is 9.70. The molecule has 0 saturated heterocycles. The molecule has 1 fully saturated rings. The van der Waals surface area contributed by atoms with Gasteiger partial charge in [-0.3, -0.25) is 14.9 Å². The smallest absolute Gasteiger partial charge is 0.243 e. The molecule has 0 bridgehead atoms. The molecule has 2 aliphatic carbocycles. The van der Waals surface area contributed by atoms with E-state index in [9.17, 15) is 14.9 Å². The van der Waals surface area contributed by atoms with E-state index in [1.165, 1.54) is 0 Å². The van der Waals surface area contributed by atoms with Gasteiger partial charge in [-0.15, -0.1) is 0 Å². The van der Waals surface area contributed by atoms with Crippen molar-refractivity contribution in [3.63, 3.8) is 0 Å². The standard InChI is InChI=1S/C12H17NO3/c14-11-6-4-5-10(9-11)12(13(15)16)7-2-1-3-8-12/h2,7,10H,1,3-6,8-9H2/t10-,12+/m1/s1. The normalized spacial score (nSPS) is 35.0. The summed E-state index contributed by atoms with van der Waals surface area (Å²) >= 11 is 0. The SMILES string of the molecule is O=C1CCC[C@@H]([C@]2([N+](=O)[O-])C=CCCC2)C1. The highest BCUT2D eigenvalue weighted by Crippen LogP contribution is 2.39. The number of ketones is 1. The average molecular weight is 223 g/mol. The molecule has 0 radical (unpaired) electrons. The highest BCUT2D eigenvalue weighted by Gasteiger charge is 2.49. The third-order valence-corrected chi connectivity index (χ3v) is 3.88. The molecule has 0 N–H and O–H groups in total. The largest absolute Gasteiger partial charge is 0.300 e. The van der Waals surface area contributed by atoms with Gasteiger partial charge in [0.2, 0.25) is 5.54 Å². The number of rotatable bonds is 2. The second-order valence-corrected chi connectivity index (χ2v) is 4.87. The van der Waals surface area contributed by atoms with Crippen LogP contribution < -0.4 is 0 Å². The molecule has 0 heterocycles. The van der Waals surface area contributed by atoms with Crippen molar-refractivity contribution < 1.29 is 9.72 Å². The van der Waals surface area contributed by atoms with E-state index in [2.05, 4.69) is 0 Å². The summed E-state index contributed by atoms with van der Waals surface area (Å²) in [4.78, 5) is 22.6. The van der Waals surface area contributed by atoms with Gasteiger partial charge < -0.3 is 0 Å². The fourth-order valence-corrected chi connectivity index (χ4v) is 2.97. The summed E-state index contributed by atoms with van der Waals surface area (Å²) in [5.41, 5.74) is -0.950. The number of nitro groups is 1. The van der Waals surface area contributed by atoms with Crippen LogP contribution in [0.4, 0.5) is 0 Å². The van der Waals surface area contributed by atoms with E-state index in [4.69, 9.17) is 0 Å². The zero-order chi connectivity index (χ0) is 11.6. The van der Waals surface area contributed by atoms with Crippen LogP contribution in [0.25, 0.3) is 0 Å². The lowest BCUT2D eigenvalue weighted by Gasteiger charge is -2.34. The maximum Gasteiger partial charge on any atom is 0.243 e. The van der Waals surface area contributed by atoms with Gasteiger partial charge in [0.25, 0.3) is 0 Å². The predicted molar refractivity (Wildman–Crippen MR) is 59.7 cm³/mol. The molecule has 88 valence electrons. The molecule has 0 amide bonds. The molecule has 2 atom stereocenters. The number of carbonyl (C=O) groups excluding carboxylic acids is 1. The van der Waals surface area contributed by atoms with Crippen LogP contribution in [-0.4, -0.2) is 16.2 Å². The molecule has 4 heteroatoms. The number of Topliss-reactive ketones (excluding diaryl/α,β-unsaturated/α-hetero) is 1. The zero-order valence-electron chi connectivity index (χ0n) is 9.35. The maximum absolute atomic E-state index is 11.4. The number of hydrogen-bond acceptors (Lipinski definition) is 3. The molecule has 4 nitrogen and oxygen atoms in total. The van der Waals surface area contributed by atoms with Gasteiger partial charge in [-0.1, -0.05) is 6.08 Å². The van der Waals surface area contributed by atoms with Gasteiger partial charge in [-0.25, -0.2) is 0 Å². The highest BCUT2D eigenvalue weighted by atomic mass is 16.6. The van der Waals surface area contributed by atoms with E-state index in [1.54, 1.807) is 6.08 Å². The average Bonchev–Trinajstić information content (AvgIpc) is 2.30. The second-order valence-electron chi connectivity index (χ2n) is 4.87. The zero-order valence-corrected chi connectivity index (χ0v) is 9.35. The molecule has 0 unspecified atom stereocenters. The van der Waals surface area contributed by atoms with Gasteiger partial charge in [0.05, 0.1) is 0 Å². The van der Waals surface area contributed by atoms with Gasteiger partial charge in [0.15, 0.2) is 0 Å². The van der Waals surface area contributed by atoms with Crippen LogP contribution in [-0.2, 0) is 4.79 Å². The van der Waals surface area contributed by atoms with E-state index in [1.807, 2.05) is 6.08 Å². The molecule has 2 rings (SSSR count). The summed E-state index contributed by atoms with van der Waals surface area (Å²) in [6.07, 6.45) is 8.67. The minimum atomic E-state index is -0.950. The highest BCUT2D eigenvalue weighted by molar-refractivity contribution is 5.79. The molecule has 2 aliphatic rings. The fraction of sp³-hybridized carbons (Fsp3) is 0.750. The first-order chi connectivity index (χ1) is 7.65. The molecule has 0 aromatic heterocycles. The topological polar surface area (TPSA) is 60.2 Å². The van der Waals surface area contributed by atoms with Gasteiger partial charge in [0.1, 0.15) is 5.78 Å². The molecule has 1 saturated carbocycles. The third kappa shape index (κ3) is 1.88. The molecular weight excluding hydrogens is 206 g/mol. The number of nitrogens with zero attached hydrogens (tertiary/aromatic N) is 1. The lowest BCUT2D eigenvalue weighted by Crippen LogP contribution is -2.46. The summed E-state index contributed by atoms with van der Waals surface area (Å²) < 4.78 is 0.